The predicted octanol–water partition coefficient (Wildman–Crippen LogP) is 5.02. The maximum absolute atomic E-state index is 12.5. The number of pyridine rings is 1. The van der Waals surface area contributed by atoms with E-state index in [4.69, 9.17) is 9.05 Å². The van der Waals surface area contributed by atoms with Gasteiger partial charge in [0.25, 0.3) is 0 Å². The summed E-state index contributed by atoms with van der Waals surface area (Å²) in [5.74, 6) is 0. The second-order valence-electron chi connectivity index (χ2n) is 4.96. The van der Waals surface area contributed by atoms with E-state index in [1.165, 1.54) is 0 Å². The zero-order chi connectivity index (χ0) is 16.5. The van der Waals surface area contributed by atoms with Crippen molar-refractivity contribution in [2.45, 2.75) is 20.0 Å². The van der Waals surface area contributed by atoms with E-state index in [0.29, 0.717) is 19.4 Å². The van der Waals surface area contributed by atoms with Gasteiger partial charge in [-0.05, 0) is 42.7 Å². The molecule has 1 heterocycles. The van der Waals surface area contributed by atoms with Crippen molar-refractivity contribution in [2.24, 2.45) is 0 Å². The van der Waals surface area contributed by atoms with Gasteiger partial charge < -0.3 is 9.05 Å². The minimum Gasteiger partial charge on any atom is -0.309 e. The van der Waals surface area contributed by atoms with Crippen molar-refractivity contribution in [2.75, 3.05) is 13.2 Å². The minimum atomic E-state index is -3.04. The quantitative estimate of drug-likeness (QED) is 0.637. The average Bonchev–Trinajstić information content (AvgIpc) is 2.55. The molecule has 122 valence electrons. The number of aromatic nitrogens is 1. The average molecular weight is 331 g/mol. The third-order valence-electron chi connectivity index (χ3n) is 3.18. The number of hydrogen-bond donors (Lipinski definition) is 0. The number of hydrogen-bond acceptors (Lipinski definition) is 4. The van der Waals surface area contributed by atoms with Crippen LogP contribution in [0.15, 0.2) is 48.8 Å². The fourth-order valence-electron chi connectivity index (χ4n) is 2.15. The van der Waals surface area contributed by atoms with Gasteiger partial charge in [-0.1, -0.05) is 36.4 Å². The highest BCUT2D eigenvalue weighted by Crippen LogP contribution is 2.51. The van der Waals surface area contributed by atoms with Crippen LogP contribution in [0, 0.1) is 0 Å². The van der Waals surface area contributed by atoms with Crippen LogP contribution in [0.1, 0.15) is 30.5 Å². The van der Waals surface area contributed by atoms with E-state index in [-0.39, 0.29) is 0 Å². The SMILES string of the molecule is CCOP(=O)(Cc1ccc(/C=C/c2ccncc2)cc1)OCC. The van der Waals surface area contributed by atoms with Gasteiger partial charge >= 0.3 is 7.60 Å². The predicted molar refractivity (Wildman–Crippen MR) is 94.2 cm³/mol. The molecular formula is C18H22NO3P. The molecule has 0 bridgehead atoms. The summed E-state index contributed by atoms with van der Waals surface area (Å²) in [6, 6.07) is 11.8. The Balaban J connectivity index is 2.04. The number of benzene rings is 1. The normalized spacial score (nSPS) is 11.9. The molecule has 0 saturated heterocycles. The first-order chi connectivity index (χ1) is 11.1. The van der Waals surface area contributed by atoms with Crippen LogP contribution in [0.5, 0.6) is 0 Å². The molecule has 0 fully saturated rings. The molecule has 0 unspecified atom stereocenters. The fourth-order valence-corrected chi connectivity index (χ4v) is 3.85. The number of nitrogens with zero attached hydrogens (tertiary/aromatic N) is 1. The second kappa shape index (κ2) is 8.78. The Morgan fingerprint density at radius 2 is 1.43 bits per heavy atom. The van der Waals surface area contributed by atoms with Crippen molar-refractivity contribution >= 4 is 19.7 Å². The Bertz CT molecular complexity index is 658. The Kier molecular flexibility index (Phi) is 6.72. The summed E-state index contributed by atoms with van der Waals surface area (Å²) in [4.78, 5) is 3.99. The van der Waals surface area contributed by atoms with Crippen LogP contribution >= 0.6 is 7.60 Å². The molecule has 0 atom stereocenters. The van der Waals surface area contributed by atoms with Gasteiger partial charge in [0.05, 0.1) is 19.4 Å². The topological polar surface area (TPSA) is 48.4 Å². The fraction of sp³-hybridized carbons (Fsp3) is 0.278. The van der Waals surface area contributed by atoms with Crippen LogP contribution < -0.4 is 0 Å². The van der Waals surface area contributed by atoms with E-state index in [2.05, 4.69) is 4.98 Å². The van der Waals surface area contributed by atoms with Crippen LogP contribution in [0.25, 0.3) is 12.2 Å². The Labute approximate surface area is 137 Å². The van der Waals surface area contributed by atoms with Gasteiger partial charge in [-0.3, -0.25) is 9.55 Å². The van der Waals surface area contributed by atoms with Gasteiger partial charge in [0.1, 0.15) is 0 Å². The summed E-state index contributed by atoms with van der Waals surface area (Å²) in [6.45, 7) is 4.39. The maximum Gasteiger partial charge on any atom is 0.335 e. The molecule has 0 aliphatic rings. The standard InChI is InChI=1S/C18H22NO3P/c1-3-21-23(20,22-4-2)15-18-9-7-16(8-10-18)5-6-17-11-13-19-14-12-17/h5-14H,3-4,15H2,1-2H3/b6-5+. The summed E-state index contributed by atoms with van der Waals surface area (Å²) in [5, 5.41) is 0. The molecule has 0 N–H and O–H groups in total. The first-order valence-electron chi connectivity index (χ1n) is 7.70. The molecule has 5 heteroatoms. The molecule has 23 heavy (non-hydrogen) atoms. The highest BCUT2D eigenvalue weighted by Gasteiger charge is 2.23. The Morgan fingerprint density at radius 3 is 1.96 bits per heavy atom. The largest absolute Gasteiger partial charge is 0.335 e. The lowest BCUT2D eigenvalue weighted by atomic mass is 10.1. The molecule has 4 nitrogen and oxygen atoms in total. The Morgan fingerprint density at radius 1 is 0.913 bits per heavy atom. The van der Waals surface area contributed by atoms with E-state index in [1.807, 2.05) is 62.4 Å². The molecule has 2 aromatic rings. The van der Waals surface area contributed by atoms with Crippen molar-refractivity contribution < 1.29 is 13.6 Å². The third-order valence-corrected chi connectivity index (χ3v) is 5.24. The molecule has 0 spiro atoms. The van der Waals surface area contributed by atoms with Gasteiger partial charge in [-0.2, -0.15) is 0 Å². The molecule has 2 rings (SSSR count). The molecular weight excluding hydrogens is 309 g/mol. The molecule has 0 aliphatic carbocycles. The van der Waals surface area contributed by atoms with E-state index in [0.717, 1.165) is 16.7 Å². The third kappa shape index (κ3) is 5.76. The zero-order valence-electron chi connectivity index (χ0n) is 13.5. The van der Waals surface area contributed by atoms with E-state index in [9.17, 15) is 4.57 Å². The lowest BCUT2D eigenvalue weighted by Crippen LogP contribution is -1.99. The lowest BCUT2D eigenvalue weighted by Gasteiger charge is -2.16. The summed E-state index contributed by atoms with van der Waals surface area (Å²) in [7, 11) is -3.04. The van der Waals surface area contributed by atoms with E-state index < -0.39 is 7.60 Å². The molecule has 0 aliphatic heterocycles. The highest BCUT2D eigenvalue weighted by atomic mass is 31.2. The molecule has 0 radical (unpaired) electrons. The molecule has 0 amide bonds. The Hall–Kier alpha value is -1.74. The second-order valence-corrected chi connectivity index (χ2v) is 7.01. The van der Waals surface area contributed by atoms with E-state index in [1.54, 1.807) is 12.4 Å². The van der Waals surface area contributed by atoms with E-state index >= 15 is 0 Å². The molecule has 1 aromatic carbocycles. The van der Waals surface area contributed by atoms with Crippen LogP contribution in [-0.4, -0.2) is 18.2 Å². The first-order valence-corrected chi connectivity index (χ1v) is 9.43. The summed E-state index contributed by atoms with van der Waals surface area (Å²) < 4.78 is 23.2. The van der Waals surface area contributed by atoms with Crippen molar-refractivity contribution in [1.82, 2.24) is 4.98 Å². The first kappa shape index (κ1) is 17.6. The number of rotatable bonds is 8. The highest BCUT2D eigenvalue weighted by molar-refractivity contribution is 7.53. The van der Waals surface area contributed by atoms with Crippen LogP contribution in [0.2, 0.25) is 0 Å². The lowest BCUT2D eigenvalue weighted by molar-refractivity contribution is 0.219. The maximum atomic E-state index is 12.5. The minimum absolute atomic E-state index is 0.295. The van der Waals surface area contributed by atoms with Crippen molar-refractivity contribution in [1.29, 1.82) is 0 Å². The van der Waals surface area contributed by atoms with Gasteiger partial charge in [0.15, 0.2) is 0 Å². The van der Waals surface area contributed by atoms with Crippen LogP contribution in [0.3, 0.4) is 0 Å². The monoisotopic (exact) mass is 331 g/mol. The van der Waals surface area contributed by atoms with Gasteiger partial charge in [0.2, 0.25) is 0 Å². The summed E-state index contributed by atoms with van der Waals surface area (Å²) in [6.07, 6.45) is 7.89. The van der Waals surface area contributed by atoms with Crippen LogP contribution in [0.4, 0.5) is 0 Å². The summed E-state index contributed by atoms with van der Waals surface area (Å²) >= 11 is 0. The van der Waals surface area contributed by atoms with Crippen molar-refractivity contribution in [3.63, 3.8) is 0 Å². The molecule has 1 aromatic heterocycles. The smallest absolute Gasteiger partial charge is 0.309 e. The molecule has 0 saturated carbocycles. The van der Waals surface area contributed by atoms with Gasteiger partial charge in [-0.25, -0.2) is 0 Å². The van der Waals surface area contributed by atoms with Crippen LogP contribution in [-0.2, 0) is 19.8 Å². The zero-order valence-corrected chi connectivity index (χ0v) is 14.4. The van der Waals surface area contributed by atoms with Crippen molar-refractivity contribution in [3.05, 3.63) is 65.5 Å². The van der Waals surface area contributed by atoms with Gasteiger partial charge in [0, 0.05) is 12.4 Å². The summed E-state index contributed by atoms with van der Waals surface area (Å²) in [5.41, 5.74) is 3.12. The van der Waals surface area contributed by atoms with Crippen molar-refractivity contribution in [3.8, 4) is 0 Å². The van der Waals surface area contributed by atoms with Gasteiger partial charge in [-0.15, -0.1) is 0 Å².